The predicted octanol–water partition coefficient (Wildman–Crippen LogP) is 2.74. The van der Waals surface area contributed by atoms with Gasteiger partial charge in [-0.1, -0.05) is 0 Å². The summed E-state index contributed by atoms with van der Waals surface area (Å²) in [5, 5.41) is 10.8. The van der Waals surface area contributed by atoms with Gasteiger partial charge in [0.1, 0.15) is 0 Å². The molecule has 3 rings (SSSR count). The molecule has 1 atom stereocenters. The quantitative estimate of drug-likeness (QED) is 0.577. The zero-order valence-corrected chi connectivity index (χ0v) is 15.8. The minimum atomic E-state index is -0.580. The fraction of sp³-hybridized carbons (Fsp3) is 0.353. The van der Waals surface area contributed by atoms with Crippen LogP contribution in [-0.2, 0) is 4.74 Å². The fourth-order valence-electron chi connectivity index (χ4n) is 2.64. The Hall–Kier alpha value is -1.47. The van der Waals surface area contributed by atoms with Crippen LogP contribution in [0.1, 0.15) is 12.8 Å². The number of nitriles is 1. The van der Waals surface area contributed by atoms with Crippen molar-refractivity contribution in [3.8, 4) is 17.3 Å². The van der Waals surface area contributed by atoms with Crippen molar-refractivity contribution in [1.29, 1.82) is 5.26 Å². The summed E-state index contributed by atoms with van der Waals surface area (Å²) >= 11 is 5.54. The standard InChI is InChI=1S/C17H16AsClFN3O/c19-13-9-22-16(20)8-12(13)14-2-1-3-15(23-14)18-10-17(11-21)4-6-24-7-5-17/h1-3,8-9,18H,4-7,10H2. The number of nitrogens with zero attached hydrogens (tertiary/aromatic N) is 3. The van der Waals surface area contributed by atoms with Crippen molar-refractivity contribution < 1.29 is 9.13 Å². The molecule has 0 aromatic carbocycles. The molecule has 24 heavy (non-hydrogen) atoms. The van der Waals surface area contributed by atoms with Gasteiger partial charge in [0.05, 0.1) is 0 Å². The monoisotopic (exact) mass is 407 g/mol. The first-order chi connectivity index (χ1) is 11.6. The van der Waals surface area contributed by atoms with Gasteiger partial charge in [-0.05, 0) is 0 Å². The molecule has 1 aliphatic heterocycles. The van der Waals surface area contributed by atoms with Crippen molar-refractivity contribution in [1.82, 2.24) is 9.97 Å². The topological polar surface area (TPSA) is 58.8 Å². The molecule has 0 N–H and O–H groups in total. The van der Waals surface area contributed by atoms with E-state index in [1.807, 2.05) is 18.2 Å². The van der Waals surface area contributed by atoms with Crippen molar-refractivity contribution in [2.45, 2.75) is 18.1 Å². The molecule has 2 aromatic rings. The van der Waals surface area contributed by atoms with Gasteiger partial charge in [0.2, 0.25) is 0 Å². The summed E-state index contributed by atoms with van der Waals surface area (Å²) < 4.78 is 19.7. The van der Waals surface area contributed by atoms with Crippen LogP contribution in [0.3, 0.4) is 0 Å². The van der Waals surface area contributed by atoms with Crippen LogP contribution in [0, 0.1) is 22.7 Å². The van der Waals surface area contributed by atoms with E-state index in [4.69, 9.17) is 16.3 Å². The molecular formula is C17H16AsClFN3O. The van der Waals surface area contributed by atoms with Crippen molar-refractivity contribution in [3.63, 3.8) is 0 Å². The van der Waals surface area contributed by atoms with Crippen molar-refractivity contribution in [2.24, 2.45) is 5.41 Å². The molecule has 0 spiro atoms. The zero-order chi connectivity index (χ0) is 17.0. The fourth-order valence-corrected chi connectivity index (χ4v) is 5.71. The molecule has 3 heterocycles. The third kappa shape index (κ3) is 3.95. The summed E-state index contributed by atoms with van der Waals surface area (Å²) in [6.07, 6.45) is 2.87. The van der Waals surface area contributed by atoms with Crippen LogP contribution in [0.2, 0.25) is 10.2 Å². The first-order valence-corrected chi connectivity index (χ1v) is 10.5. The average Bonchev–Trinajstić information content (AvgIpc) is 2.63. The molecule has 124 valence electrons. The van der Waals surface area contributed by atoms with Gasteiger partial charge in [0.15, 0.2) is 0 Å². The number of rotatable bonds is 4. The van der Waals surface area contributed by atoms with Crippen LogP contribution in [0.4, 0.5) is 4.39 Å². The van der Waals surface area contributed by atoms with E-state index in [2.05, 4.69) is 16.0 Å². The Labute approximate surface area is 151 Å². The molecule has 1 unspecified atom stereocenters. The molecule has 2 aromatic heterocycles. The number of halogens is 2. The molecule has 0 saturated carbocycles. The summed E-state index contributed by atoms with van der Waals surface area (Å²) in [6.45, 7) is 1.30. The molecule has 7 heteroatoms. The van der Waals surface area contributed by atoms with Gasteiger partial charge in [-0.3, -0.25) is 0 Å². The van der Waals surface area contributed by atoms with Crippen molar-refractivity contribution in [3.05, 3.63) is 41.4 Å². The molecule has 1 saturated heterocycles. The van der Waals surface area contributed by atoms with Crippen LogP contribution >= 0.6 is 11.6 Å². The van der Waals surface area contributed by atoms with Crippen LogP contribution in [0.5, 0.6) is 0 Å². The van der Waals surface area contributed by atoms with Gasteiger partial charge in [-0.25, -0.2) is 0 Å². The minimum absolute atomic E-state index is 0.281. The second kappa shape index (κ2) is 7.61. The van der Waals surface area contributed by atoms with E-state index in [0.717, 1.165) is 22.5 Å². The van der Waals surface area contributed by atoms with E-state index in [-0.39, 0.29) is 5.41 Å². The third-order valence-corrected chi connectivity index (χ3v) is 7.58. The summed E-state index contributed by atoms with van der Waals surface area (Å²) in [5.41, 5.74) is 0.898. The van der Waals surface area contributed by atoms with Crippen LogP contribution in [0.25, 0.3) is 11.3 Å². The van der Waals surface area contributed by atoms with Crippen LogP contribution in [0.15, 0.2) is 30.5 Å². The Balaban J connectivity index is 1.78. The molecule has 0 bridgehead atoms. The van der Waals surface area contributed by atoms with E-state index in [1.54, 1.807) is 0 Å². The molecule has 0 radical (unpaired) electrons. The van der Waals surface area contributed by atoms with E-state index >= 15 is 0 Å². The Morgan fingerprint density at radius 2 is 2.17 bits per heavy atom. The summed E-state index contributed by atoms with van der Waals surface area (Å²) in [7, 11) is 0. The summed E-state index contributed by atoms with van der Waals surface area (Å²) in [4.78, 5) is 8.17. The van der Waals surface area contributed by atoms with Crippen molar-refractivity contribution in [2.75, 3.05) is 13.2 Å². The molecular weight excluding hydrogens is 392 g/mol. The summed E-state index contributed by atoms with van der Waals surface area (Å²) in [6, 6.07) is 9.47. The van der Waals surface area contributed by atoms with Gasteiger partial charge in [-0.15, -0.1) is 0 Å². The van der Waals surface area contributed by atoms with Crippen molar-refractivity contribution >= 4 is 31.8 Å². The van der Waals surface area contributed by atoms with Gasteiger partial charge in [0.25, 0.3) is 0 Å². The van der Waals surface area contributed by atoms with Gasteiger partial charge in [-0.2, -0.15) is 0 Å². The maximum absolute atomic E-state index is 13.4. The zero-order valence-electron chi connectivity index (χ0n) is 12.9. The average molecular weight is 408 g/mol. The van der Waals surface area contributed by atoms with E-state index in [0.29, 0.717) is 29.5 Å². The third-order valence-electron chi connectivity index (χ3n) is 4.14. The first kappa shape index (κ1) is 17.4. The number of pyridine rings is 2. The van der Waals surface area contributed by atoms with Crippen LogP contribution < -0.4 is 4.48 Å². The summed E-state index contributed by atoms with van der Waals surface area (Å²) in [5.74, 6) is -0.580. The predicted molar refractivity (Wildman–Crippen MR) is 92.1 cm³/mol. The Kier molecular flexibility index (Phi) is 5.50. The number of hydrogen-bond donors (Lipinski definition) is 0. The SMILES string of the molecule is N#CC1(C[AsH]c2cccc(-c3cc(F)ncc3Cl)n2)CCOCC1. The molecule has 0 amide bonds. The molecule has 1 fully saturated rings. The van der Waals surface area contributed by atoms with E-state index in [9.17, 15) is 9.65 Å². The Bertz CT molecular complexity index is 775. The normalized spacial score (nSPS) is 17.0. The number of aromatic nitrogens is 2. The molecule has 4 nitrogen and oxygen atoms in total. The second-order valence-corrected chi connectivity index (χ2v) is 8.72. The Morgan fingerprint density at radius 1 is 1.38 bits per heavy atom. The maximum atomic E-state index is 13.4. The van der Waals surface area contributed by atoms with Gasteiger partial charge < -0.3 is 0 Å². The number of ether oxygens (including phenoxy) is 1. The van der Waals surface area contributed by atoms with Gasteiger partial charge >= 0.3 is 152 Å². The molecule has 1 aliphatic rings. The van der Waals surface area contributed by atoms with E-state index in [1.165, 1.54) is 12.3 Å². The van der Waals surface area contributed by atoms with Gasteiger partial charge in [0, 0.05) is 0 Å². The van der Waals surface area contributed by atoms with Crippen LogP contribution in [-0.4, -0.2) is 38.9 Å². The Morgan fingerprint density at radius 3 is 2.92 bits per heavy atom. The second-order valence-electron chi connectivity index (χ2n) is 5.75. The van der Waals surface area contributed by atoms with E-state index < -0.39 is 21.7 Å². The number of hydrogen-bond acceptors (Lipinski definition) is 4. The first-order valence-electron chi connectivity index (χ1n) is 7.63. The molecule has 0 aliphatic carbocycles.